The average Bonchev–Trinajstić information content (AvgIpc) is 2.74. The minimum atomic E-state index is -4.50. The van der Waals surface area contributed by atoms with E-state index >= 15 is 0 Å². The molecule has 1 aliphatic rings. The second kappa shape index (κ2) is 6.20. The molecule has 1 aromatic heterocycles. The number of fused-ring (bicyclic) bond motifs is 1. The lowest BCUT2D eigenvalue weighted by Crippen LogP contribution is -2.41. The molecule has 29 heavy (non-hydrogen) atoms. The first kappa shape index (κ1) is 17.5. The highest BCUT2D eigenvalue weighted by Gasteiger charge is 2.38. The summed E-state index contributed by atoms with van der Waals surface area (Å²) in [7, 11) is -4.50. The average molecular weight is 404 g/mol. The quantitative estimate of drug-likeness (QED) is 0.487. The molecule has 0 saturated carbocycles. The van der Waals surface area contributed by atoms with Gasteiger partial charge in [-0.05, 0) is 29.7 Å². The van der Waals surface area contributed by atoms with Crippen LogP contribution in [0.5, 0.6) is 0 Å². The fourth-order valence-corrected chi connectivity index (χ4v) is 4.56. The van der Waals surface area contributed by atoms with E-state index in [0.717, 1.165) is 0 Å². The molecule has 0 atom stereocenters. The van der Waals surface area contributed by atoms with Crippen LogP contribution in [0.25, 0.3) is 21.7 Å². The molecular formula is C21H12N2O5S. The molecule has 0 unspecified atom stereocenters. The molecule has 5 rings (SSSR count). The number of nitrogens with zero attached hydrogens (tertiary/aromatic N) is 2. The van der Waals surface area contributed by atoms with Gasteiger partial charge >= 0.3 is 10.1 Å². The minimum Gasteiger partial charge on any atom is -0.266 e. The zero-order chi connectivity index (χ0) is 20.2. The van der Waals surface area contributed by atoms with E-state index in [-0.39, 0.29) is 21.5 Å². The van der Waals surface area contributed by atoms with Crippen molar-refractivity contribution in [1.82, 2.24) is 10.0 Å². The summed E-state index contributed by atoms with van der Waals surface area (Å²) in [6.07, 6.45) is 1.45. The SMILES string of the molecule is O=C1c2cccc3cccc(c23)C(=O)N1OS(=O)(=O)c1cccc2cccnc12. The summed E-state index contributed by atoms with van der Waals surface area (Å²) < 4.78 is 31.0. The van der Waals surface area contributed by atoms with E-state index in [0.29, 0.717) is 21.2 Å². The van der Waals surface area contributed by atoms with Crippen LogP contribution in [0.3, 0.4) is 0 Å². The highest BCUT2D eigenvalue weighted by Crippen LogP contribution is 2.32. The highest BCUT2D eigenvalue weighted by molar-refractivity contribution is 7.87. The zero-order valence-corrected chi connectivity index (χ0v) is 15.6. The maximum atomic E-state index is 13.0. The molecule has 8 heteroatoms. The van der Waals surface area contributed by atoms with Gasteiger partial charge in [-0.15, -0.1) is 9.35 Å². The van der Waals surface area contributed by atoms with Gasteiger partial charge in [-0.1, -0.05) is 42.5 Å². The van der Waals surface area contributed by atoms with Crippen LogP contribution in [0, 0.1) is 0 Å². The lowest BCUT2D eigenvalue weighted by molar-refractivity contribution is -0.0154. The van der Waals surface area contributed by atoms with Crippen molar-refractivity contribution in [2.45, 2.75) is 4.90 Å². The summed E-state index contributed by atoms with van der Waals surface area (Å²) in [5, 5.41) is 2.08. The third kappa shape index (κ3) is 2.61. The summed E-state index contributed by atoms with van der Waals surface area (Å²) in [5.41, 5.74) is 0.585. The van der Waals surface area contributed by atoms with Gasteiger partial charge in [0.15, 0.2) is 0 Å². The number of rotatable bonds is 3. The number of aromatic nitrogens is 1. The molecule has 3 aromatic carbocycles. The van der Waals surface area contributed by atoms with Gasteiger partial charge < -0.3 is 0 Å². The maximum absolute atomic E-state index is 13.0. The van der Waals surface area contributed by atoms with Crippen LogP contribution < -0.4 is 0 Å². The molecule has 7 nitrogen and oxygen atoms in total. The van der Waals surface area contributed by atoms with Gasteiger partial charge in [-0.3, -0.25) is 14.6 Å². The Balaban J connectivity index is 1.62. The number of amides is 2. The molecule has 0 radical (unpaired) electrons. The third-order valence-corrected chi connectivity index (χ3v) is 5.99. The second-order valence-corrected chi connectivity index (χ2v) is 7.97. The fourth-order valence-electron chi connectivity index (χ4n) is 3.49. The van der Waals surface area contributed by atoms with Crippen molar-refractivity contribution in [1.29, 1.82) is 0 Å². The van der Waals surface area contributed by atoms with Gasteiger partial charge in [0.1, 0.15) is 4.90 Å². The number of benzene rings is 3. The van der Waals surface area contributed by atoms with Crippen molar-refractivity contribution in [3.05, 3.63) is 84.1 Å². The fraction of sp³-hybridized carbons (Fsp3) is 0. The van der Waals surface area contributed by atoms with E-state index in [1.54, 1.807) is 42.5 Å². The molecule has 1 aliphatic heterocycles. The summed E-state index contributed by atoms with van der Waals surface area (Å²) in [4.78, 5) is 29.6. The number of hydrogen-bond donors (Lipinski definition) is 0. The molecule has 4 aromatic rings. The molecule has 2 amide bonds. The number of imide groups is 1. The molecule has 0 saturated heterocycles. The molecular weight excluding hydrogens is 392 g/mol. The number of carbonyl (C=O) groups is 2. The van der Waals surface area contributed by atoms with E-state index in [1.165, 1.54) is 30.5 Å². The standard InChI is InChI=1S/C21H12N2O5S/c24-20-15-9-1-5-13-6-2-10-16(18(13)15)21(25)23(20)28-29(26,27)17-11-3-7-14-8-4-12-22-19(14)17/h1-12H. The molecule has 0 spiro atoms. The van der Waals surface area contributed by atoms with Crippen molar-refractivity contribution >= 4 is 43.6 Å². The first-order valence-corrected chi connectivity index (χ1v) is 10.1. The van der Waals surface area contributed by atoms with Gasteiger partial charge in [0, 0.05) is 17.0 Å². The van der Waals surface area contributed by atoms with E-state index < -0.39 is 21.9 Å². The Morgan fingerprint density at radius 2 is 1.34 bits per heavy atom. The van der Waals surface area contributed by atoms with Crippen molar-refractivity contribution < 1.29 is 22.3 Å². The lowest BCUT2D eigenvalue weighted by Gasteiger charge is -2.25. The molecule has 0 aliphatic carbocycles. The van der Waals surface area contributed by atoms with Crippen molar-refractivity contribution in [2.75, 3.05) is 0 Å². The van der Waals surface area contributed by atoms with E-state index in [2.05, 4.69) is 4.98 Å². The van der Waals surface area contributed by atoms with E-state index in [1.807, 2.05) is 0 Å². The Morgan fingerprint density at radius 1 is 0.759 bits per heavy atom. The molecule has 0 bridgehead atoms. The van der Waals surface area contributed by atoms with Crippen LogP contribution >= 0.6 is 0 Å². The number of hydroxylamine groups is 2. The summed E-state index contributed by atoms with van der Waals surface area (Å²) in [6, 6.07) is 17.9. The normalized spacial score (nSPS) is 14.0. The zero-order valence-electron chi connectivity index (χ0n) is 14.8. The van der Waals surface area contributed by atoms with Gasteiger partial charge in [0.25, 0.3) is 11.8 Å². The van der Waals surface area contributed by atoms with Gasteiger partial charge in [-0.2, -0.15) is 8.42 Å². The Hall–Kier alpha value is -3.62. The van der Waals surface area contributed by atoms with Gasteiger partial charge in [-0.25, -0.2) is 0 Å². The predicted octanol–water partition coefficient (Wildman–Crippen LogP) is 3.30. The van der Waals surface area contributed by atoms with Crippen LogP contribution in [-0.4, -0.2) is 30.3 Å². The summed E-state index contributed by atoms with van der Waals surface area (Å²) in [5.74, 6) is -1.67. The Labute approximate surface area is 165 Å². The largest absolute Gasteiger partial charge is 0.320 e. The Bertz CT molecular complexity index is 1390. The van der Waals surface area contributed by atoms with Gasteiger partial charge in [0.05, 0.1) is 16.6 Å². The minimum absolute atomic E-state index is 0.189. The maximum Gasteiger partial charge on any atom is 0.320 e. The van der Waals surface area contributed by atoms with Crippen molar-refractivity contribution in [3.8, 4) is 0 Å². The smallest absolute Gasteiger partial charge is 0.266 e. The number of pyridine rings is 1. The first-order valence-electron chi connectivity index (χ1n) is 8.66. The first-order chi connectivity index (χ1) is 14.0. The van der Waals surface area contributed by atoms with Crippen LogP contribution in [-0.2, 0) is 14.4 Å². The van der Waals surface area contributed by atoms with Crippen LogP contribution in [0.2, 0.25) is 0 Å². The van der Waals surface area contributed by atoms with E-state index in [4.69, 9.17) is 4.28 Å². The van der Waals surface area contributed by atoms with E-state index in [9.17, 15) is 18.0 Å². The predicted molar refractivity (Wildman–Crippen MR) is 104 cm³/mol. The molecule has 142 valence electrons. The number of hydrogen-bond acceptors (Lipinski definition) is 6. The topological polar surface area (TPSA) is 93.6 Å². The Kier molecular flexibility index (Phi) is 3.73. The summed E-state index contributed by atoms with van der Waals surface area (Å²) in [6.45, 7) is 0. The number of para-hydroxylation sites is 1. The third-order valence-electron chi connectivity index (χ3n) is 4.77. The molecule has 0 N–H and O–H groups in total. The lowest BCUT2D eigenvalue weighted by atomic mass is 9.95. The molecule has 0 fully saturated rings. The Morgan fingerprint density at radius 3 is 2.03 bits per heavy atom. The highest BCUT2D eigenvalue weighted by atomic mass is 32.2. The van der Waals surface area contributed by atoms with Crippen molar-refractivity contribution in [3.63, 3.8) is 0 Å². The van der Waals surface area contributed by atoms with Gasteiger partial charge in [0.2, 0.25) is 0 Å². The monoisotopic (exact) mass is 404 g/mol. The van der Waals surface area contributed by atoms with Crippen LogP contribution in [0.1, 0.15) is 20.7 Å². The molecule has 2 heterocycles. The number of carbonyl (C=O) groups excluding carboxylic acids is 2. The summed E-state index contributed by atoms with van der Waals surface area (Å²) >= 11 is 0. The van der Waals surface area contributed by atoms with Crippen LogP contribution in [0.4, 0.5) is 0 Å². The van der Waals surface area contributed by atoms with Crippen molar-refractivity contribution in [2.24, 2.45) is 0 Å². The van der Waals surface area contributed by atoms with Crippen LogP contribution in [0.15, 0.2) is 77.8 Å². The second-order valence-electron chi connectivity index (χ2n) is 6.47.